The standard InChI is InChI=1S/C21H28N4O3.HI/c1-4-22-21(23-13-16-7-6-15(3)12-19(16)28-5-2)24-14-20(27)25-17-8-10-18(26)11-9-17;/h6-12,26H,4-5,13-14H2,1-3H3,(H,25,27)(H2,22,23,24);1H. The fourth-order valence-electron chi connectivity index (χ4n) is 2.50. The first-order chi connectivity index (χ1) is 13.5. The molecule has 29 heavy (non-hydrogen) atoms. The molecule has 0 saturated carbocycles. The third kappa shape index (κ3) is 8.59. The number of phenols is 1. The van der Waals surface area contributed by atoms with Crippen LogP contribution in [0.1, 0.15) is 25.0 Å². The quantitative estimate of drug-likeness (QED) is 0.188. The van der Waals surface area contributed by atoms with E-state index in [1.54, 1.807) is 12.1 Å². The van der Waals surface area contributed by atoms with Crippen molar-refractivity contribution >= 4 is 41.5 Å². The van der Waals surface area contributed by atoms with E-state index >= 15 is 0 Å². The number of rotatable bonds is 8. The van der Waals surface area contributed by atoms with Crippen molar-refractivity contribution < 1.29 is 14.6 Å². The zero-order chi connectivity index (χ0) is 20.4. The molecule has 2 aromatic carbocycles. The molecule has 8 heteroatoms. The number of hydrogen-bond acceptors (Lipinski definition) is 4. The monoisotopic (exact) mass is 512 g/mol. The highest BCUT2D eigenvalue weighted by Gasteiger charge is 2.07. The zero-order valence-electron chi connectivity index (χ0n) is 17.0. The topological polar surface area (TPSA) is 95.0 Å². The van der Waals surface area contributed by atoms with Gasteiger partial charge in [0.1, 0.15) is 11.5 Å². The third-order valence-electron chi connectivity index (χ3n) is 3.84. The van der Waals surface area contributed by atoms with Gasteiger partial charge < -0.3 is 25.8 Å². The molecule has 0 spiro atoms. The molecule has 2 aromatic rings. The number of halogens is 1. The molecule has 0 fully saturated rings. The second-order valence-corrected chi connectivity index (χ2v) is 6.19. The van der Waals surface area contributed by atoms with Crippen LogP contribution in [-0.4, -0.2) is 36.7 Å². The van der Waals surface area contributed by atoms with Crippen molar-refractivity contribution in [3.63, 3.8) is 0 Å². The van der Waals surface area contributed by atoms with Crippen LogP contribution < -0.4 is 20.7 Å². The smallest absolute Gasteiger partial charge is 0.243 e. The first-order valence-electron chi connectivity index (χ1n) is 9.35. The Bertz CT molecular complexity index is 810. The normalized spacial score (nSPS) is 10.7. The molecule has 0 aliphatic carbocycles. The van der Waals surface area contributed by atoms with Crippen molar-refractivity contribution in [2.24, 2.45) is 4.99 Å². The van der Waals surface area contributed by atoms with E-state index in [0.29, 0.717) is 31.3 Å². The Morgan fingerprint density at radius 1 is 1.10 bits per heavy atom. The number of carbonyl (C=O) groups is 1. The molecule has 0 heterocycles. The van der Waals surface area contributed by atoms with Gasteiger partial charge in [-0.25, -0.2) is 4.99 Å². The molecule has 0 bridgehead atoms. The van der Waals surface area contributed by atoms with Gasteiger partial charge in [0, 0.05) is 17.8 Å². The van der Waals surface area contributed by atoms with Gasteiger partial charge in [0.25, 0.3) is 0 Å². The van der Waals surface area contributed by atoms with Crippen molar-refractivity contribution in [3.05, 3.63) is 53.6 Å². The largest absolute Gasteiger partial charge is 0.508 e. The third-order valence-corrected chi connectivity index (χ3v) is 3.84. The van der Waals surface area contributed by atoms with E-state index < -0.39 is 0 Å². The van der Waals surface area contributed by atoms with E-state index in [2.05, 4.69) is 20.9 Å². The van der Waals surface area contributed by atoms with Gasteiger partial charge in [-0.1, -0.05) is 12.1 Å². The van der Waals surface area contributed by atoms with Gasteiger partial charge in [0.2, 0.25) is 5.91 Å². The molecule has 0 aliphatic rings. The number of benzene rings is 2. The highest BCUT2D eigenvalue weighted by Crippen LogP contribution is 2.21. The molecular formula is C21H29IN4O3. The maximum absolute atomic E-state index is 12.1. The van der Waals surface area contributed by atoms with E-state index in [0.717, 1.165) is 16.9 Å². The lowest BCUT2D eigenvalue weighted by Crippen LogP contribution is -2.41. The van der Waals surface area contributed by atoms with Crippen molar-refractivity contribution in [1.82, 2.24) is 10.6 Å². The molecule has 0 aliphatic heterocycles. The Kier molecular flexibility index (Phi) is 10.9. The summed E-state index contributed by atoms with van der Waals surface area (Å²) in [5.74, 6) is 1.32. The number of amides is 1. The minimum atomic E-state index is -0.207. The molecule has 1 amide bonds. The number of phenolic OH excluding ortho intramolecular Hbond substituents is 1. The summed E-state index contributed by atoms with van der Waals surface area (Å²) in [6.07, 6.45) is 0. The molecule has 0 aromatic heterocycles. The fraction of sp³-hybridized carbons (Fsp3) is 0.333. The Morgan fingerprint density at radius 2 is 1.83 bits per heavy atom. The number of nitrogens with one attached hydrogen (secondary N) is 3. The molecular weight excluding hydrogens is 483 g/mol. The number of hydrogen-bond donors (Lipinski definition) is 4. The van der Waals surface area contributed by atoms with E-state index in [9.17, 15) is 9.90 Å². The average molecular weight is 512 g/mol. The average Bonchev–Trinajstić information content (AvgIpc) is 2.67. The molecule has 0 saturated heterocycles. The zero-order valence-corrected chi connectivity index (χ0v) is 19.3. The molecule has 7 nitrogen and oxygen atoms in total. The van der Waals surface area contributed by atoms with E-state index in [4.69, 9.17) is 4.74 Å². The molecule has 0 atom stereocenters. The predicted molar refractivity (Wildman–Crippen MR) is 127 cm³/mol. The van der Waals surface area contributed by atoms with Crippen molar-refractivity contribution in [3.8, 4) is 11.5 Å². The maximum Gasteiger partial charge on any atom is 0.243 e. The van der Waals surface area contributed by atoms with Gasteiger partial charge in [0.15, 0.2) is 5.96 Å². The van der Waals surface area contributed by atoms with Crippen LogP contribution in [0, 0.1) is 6.92 Å². The first-order valence-corrected chi connectivity index (χ1v) is 9.35. The Labute approximate surface area is 189 Å². The van der Waals surface area contributed by atoms with Crippen molar-refractivity contribution in [2.75, 3.05) is 25.0 Å². The lowest BCUT2D eigenvalue weighted by atomic mass is 10.1. The predicted octanol–water partition coefficient (Wildman–Crippen LogP) is 3.41. The second kappa shape index (κ2) is 12.9. The van der Waals surface area contributed by atoms with Crippen LogP contribution in [0.25, 0.3) is 0 Å². The summed E-state index contributed by atoms with van der Waals surface area (Å²) in [6.45, 7) is 7.71. The molecule has 0 radical (unpaired) electrons. The fourth-order valence-corrected chi connectivity index (χ4v) is 2.50. The summed E-state index contributed by atoms with van der Waals surface area (Å²) in [6, 6.07) is 12.3. The number of nitrogens with zero attached hydrogens (tertiary/aromatic N) is 1. The summed E-state index contributed by atoms with van der Waals surface area (Å²) in [5, 5.41) is 18.2. The van der Waals surface area contributed by atoms with Gasteiger partial charge in [-0.05, 0) is 56.7 Å². The van der Waals surface area contributed by atoms with Gasteiger partial charge in [-0.3, -0.25) is 4.79 Å². The Balaban J connectivity index is 0.00000420. The Morgan fingerprint density at radius 3 is 2.48 bits per heavy atom. The van der Waals surface area contributed by atoms with Crippen LogP contribution in [0.15, 0.2) is 47.5 Å². The number of anilines is 1. The molecule has 158 valence electrons. The second-order valence-electron chi connectivity index (χ2n) is 6.19. The number of carbonyl (C=O) groups excluding carboxylic acids is 1. The Hall–Kier alpha value is -2.49. The summed E-state index contributed by atoms with van der Waals surface area (Å²) in [5.41, 5.74) is 2.73. The summed E-state index contributed by atoms with van der Waals surface area (Å²) in [4.78, 5) is 16.7. The maximum atomic E-state index is 12.1. The van der Waals surface area contributed by atoms with Crippen LogP contribution in [0.5, 0.6) is 11.5 Å². The molecule has 2 rings (SSSR count). The number of ether oxygens (including phenoxy) is 1. The van der Waals surface area contributed by atoms with Crippen LogP contribution in [0.2, 0.25) is 0 Å². The van der Waals surface area contributed by atoms with E-state index in [1.165, 1.54) is 12.1 Å². The number of guanidine groups is 1. The lowest BCUT2D eigenvalue weighted by molar-refractivity contribution is -0.115. The minimum Gasteiger partial charge on any atom is -0.508 e. The van der Waals surface area contributed by atoms with Crippen LogP contribution in [0.3, 0.4) is 0 Å². The van der Waals surface area contributed by atoms with Crippen molar-refractivity contribution in [2.45, 2.75) is 27.3 Å². The summed E-state index contributed by atoms with van der Waals surface area (Å²) < 4.78 is 5.69. The number of aliphatic imine (C=N–C) groups is 1. The summed E-state index contributed by atoms with van der Waals surface area (Å²) >= 11 is 0. The van der Waals surface area contributed by atoms with Gasteiger partial charge in [-0.2, -0.15) is 0 Å². The van der Waals surface area contributed by atoms with Crippen LogP contribution in [-0.2, 0) is 11.3 Å². The highest BCUT2D eigenvalue weighted by molar-refractivity contribution is 14.0. The van der Waals surface area contributed by atoms with Crippen LogP contribution in [0.4, 0.5) is 5.69 Å². The van der Waals surface area contributed by atoms with E-state index in [-0.39, 0.29) is 42.2 Å². The molecule has 4 N–H and O–H groups in total. The van der Waals surface area contributed by atoms with Crippen LogP contribution >= 0.6 is 24.0 Å². The van der Waals surface area contributed by atoms with Gasteiger partial charge >= 0.3 is 0 Å². The highest BCUT2D eigenvalue weighted by atomic mass is 127. The summed E-state index contributed by atoms with van der Waals surface area (Å²) in [7, 11) is 0. The van der Waals surface area contributed by atoms with Gasteiger partial charge in [0.05, 0.1) is 19.7 Å². The lowest BCUT2D eigenvalue weighted by Gasteiger charge is -2.13. The van der Waals surface area contributed by atoms with Gasteiger partial charge in [-0.15, -0.1) is 24.0 Å². The number of aryl methyl sites for hydroxylation is 1. The SMILES string of the molecule is CCNC(=NCc1ccc(C)cc1OCC)NCC(=O)Nc1ccc(O)cc1.I. The molecule has 0 unspecified atom stereocenters. The van der Waals surface area contributed by atoms with Crippen molar-refractivity contribution in [1.29, 1.82) is 0 Å². The first kappa shape index (κ1) is 24.5. The number of aromatic hydroxyl groups is 1. The van der Waals surface area contributed by atoms with E-state index in [1.807, 2.05) is 39.0 Å². The minimum absolute atomic E-state index is 0.